The van der Waals surface area contributed by atoms with Crippen molar-refractivity contribution in [3.63, 3.8) is 0 Å². The van der Waals surface area contributed by atoms with E-state index in [-0.39, 0.29) is 6.03 Å². The fourth-order valence-corrected chi connectivity index (χ4v) is 3.19. The van der Waals surface area contributed by atoms with E-state index in [1.54, 1.807) is 29.4 Å². The van der Waals surface area contributed by atoms with E-state index in [0.717, 1.165) is 11.6 Å². The molecule has 0 aliphatic carbocycles. The lowest BCUT2D eigenvalue weighted by Gasteiger charge is -2.27. The molecule has 0 saturated heterocycles. The van der Waals surface area contributed by atoms with Gasteiger partial charge in [-0.3, -0.25) is 0 Å². The first-order valence-corrected chi connectivity index (χ1v) is 9.63. The Morgan fingerprint density at radius 3 is 2.76 bits per heavy atom. The zero-order valence-electron chi connectivity index (χ0n) is 15.8. The van der Waals surface area contributed by atoms with Crippen molar-refractivity contribution in [2.24, 2.45) is 0 Å². The number of anilines is 1. The number of carbonyl (C=O) groups excluding carboxylic acids is 1. The van der Waals surface area contributed by atoms with Crippen LogP contribution in [0.25, 0.3) is 0 Å². The zero-order chi connectivity index (χ0) is 20.2. The van der Waals surface area contributed by atoms with Crippen molar-refractivity contribution in [2.75, 3.05) is 18.5 Å². The van der Waals surface area contributed by atoms with Crippen LogP contribution in [-0.2, 0) is 13.1 Å². The van der Waals surface area contributed by atoms with Crippen molar-refractivity contribution in [3.8, 4) is 17.2 Å². The van der Waals surface area contributed by atoms with Gasteiger partial charge in [0.05, 0.1) is 18.8 Å². The fourth-order valence-electron chi connectivity index (χ4n) is 3.02. The number of rotatable bonds is 5. The third-order valence-electron chi connectivity index (χ3n) is 4.47. The van der Waals surface area contributed by atoms with Gasteiger partial charge in [0, 0.05) is 18.1 Å². The molecular weight excluding hydrogens is 394 g/mol. The van der Waals surface area contributed by atoms with Crippen LogP contribution >= 0.6 is 11.6 Å². The number of nitrogens with one attached hydrogen (secondary N) is 1. The molecule has 0 spiro atoms. The van der Waals surface area contributed by atoms with E-state index in [0.29, 0.717) is 48.5 Å². The van der Waals surface area contributed by atoms with Crippen LogP contribution in [0.15, 0.2) is 48.8 Å². The molecule has 0 radical (unpaired) electrons. The summed E-state index contributed by atoms with van der Waals surface area (Å²) in [5.41, 5.74) is 0.489. The summed E-state index contributed by atoms with van der Waals surface area (Å²) in [4.78, 5) is 14.4. The highest BCUT2D eigenvalue weighted by molar-refractivity contribution is 6.31. The molecule has 9 heteroatoms. The lowest BCUT2D eigenvalue weighted by atomic mass is 10.2. The van der Waals surface area contributed by atoms with E-state index in [4.69, 9.17) is 21.1 Å². The second kappa shape index (κ2) is 8.40. The predicted octanol–water partition coefficient (Wildman–Crippen LogP) is 4.17. The molecule has 0 unspecified atom stereocenters. The first-order chi connectivity index (χ1) is 14.1. The Morgan fingerprint density at radius 2 is 1.97 bits per heavy atom. The number of halogens is 1. The molecule has 8 nitrogen and oxygen atoms in total. The molecule has 0 saturated carbocycles. The Morgan fingerprint density at radius 1 is 1.17 bits per heavy atom. The number of carbonyl (C=O) groups is 1. The van der Waals surface area contributed by atoms with Crippen LogP contribution in [0.2, 0.25) is 5.02 Å². The highest BCUT2D eigenvalue weighted by Crippen LogP contribution is 2.33. The molecule has 2 heterocycles. The van der Waals surface area contributed by atoms with Gasteiger partial charge in [-0.05, 0) is 49.4 Å². The van der Waals surface area contributed by atoms with Gasteiger partial charge < -0.3 is 24.3 Å². The van der Waals surface area contributed by atoms with E-state index in [1.165, 1.54) is 0 Å². The van der Waals surface area contributed by atoms with Crippen molar-refractivity contribution in [2.45, 2.75) is 20.0 Å². The summed E-state index contributed by atoms with van der Waals surface area (Å²) in [5, 5.41) is 11.3. The Labute approximate surface area is 173 Å². The zero-order valence-corrected chi connectivity index (χ0v) is 16.6. The van der Waals surface area contributed by atoms with Gasteiger partial charge in [-0.1, -0.05) is 11.6 Å². The number of urea groups is 1. The van der Waals surface area contributed by atoms with Gasteiger partial charge in [-0.2, -0.15) is 0 Å². The van der Waals surface area contributed by atoms with E-state index < -0.39 is 0 Å². The summed E-state index contributed by atoms with van der Waals surface area (Å²) in [7, 11) is 0. The van der Waals surface area contributed by atoms with Gasteiger partial charge in [-0.15, -0.1) is 10.2 Å². The molecule has 0 bridgehead atoms. The Balaban J connectivity index is 1.48. The van der Waals surface area contributed by atoms with Crippen molar-refractivity contribution < 1.29 is 14.3 Å². The summed E-state index contributed by atoms with van der Waals surface area (Å²) >= 11 is 6.14. The number of amides is 2. The van der Waals surface area contributed by atoms with Crippen molar-refractivity contribution in [1.82, 2.24) is 19.7 Å². The third kappa shape index (κ3) is 4.43. The van der Waals surface area contributed by atoms with Crippen LogP contribution in [0.5, 0.6) is 17.2 Å². The monoisotopic (exact) mass is 413 g/mol. The Bertz CT molecular complexity index is 1010. The maximum absolute atomic E-state index is 12.8. The van der Waals surface area contributed by atoms with Gasteiger partial charge in [0.25, 0.3) is 0 Å². The molecule has 2 aromatic carbocycles. The number of nitrogens with zero attached hydrogens (tertiary/aromatic N) is 4. The maximum Gasteiger partial charge on any atom is 0.322 e. The largest absolute Gasteiger partial charge is 0.494 e. The van der Waals surface area contributed by atoms with Crippen LogP contribution in [0.3, 0.4) is 0 Å². The van der Waals surface area contributed by atoms with Gasteiger partial charge in [0.15, 0.2) is 11.6 Å². The standard InChI is InChI=1S/C20H20ClN5O3/c1-2-28-15-4-6-16(7-5-15)29-18-8-3-14(21)11-17(18)23-20(27)25-9-10-26-13-22-24-19(26)12-25/h3-8,11,13H,2,9-10,12H2,1H3,(H,23,27). The third-order valence-corrected chi connectivity index (χ3v) is 4.71. The van der Waals surface area contributed by atoms with Crippen molar-refractivity contribution >= 4 is 23.3 Å². The first-order valence-electron chi connectivity index (χ1n) is 9.25. The topological polar surface area (TPSA) is 81.5 Å². The Kier molecular flexibility index (Phi) is 5.53. The van der Waals surface area contributed by atoms with E-state index in [9.17, 15) is 4.79 Å². The molecule has 1 N–H and O–H groups in total. The van der Waals surface area contributed by atoms with Crippen LogP contribution in [0, 0.1) is 0 Å². The lowest BCUT2D eigenvalue weighted by molar-refractivity contribution is 0.195. The van der Waals surface area contributed by atoms with E-state index >= 15 is 0 Å². The van der Waals surface area contributed by atoms with Gasteiger partial charge in [0.1, 0.15) is 17.8 Å². The number of aromatic nitrogens is 3. The summed E-state index contributed by atoms with van der Waals surface area (Å²) in [6, 6.07) is 12.1. The maximum atomic E-state index is 12.8. The number of hydrogen-bond donors (Lipinski definition) is 1. The number of hydrogen-bond acceptors (Lipinski definition) is 5. The first kappa shape index (κ1) is 19.1. The SMILES string of the molecule is CCOc1ccc(Oc2ccc(Cl)cc2NC(=O)N2CCn3cnnc3C2)cc1. The smallest absolute Gasteiger partial charge is 0.322 e. The molecule has 1 aliphatic heterocycles. The number of benzene rings is 2. The molecule has 2 amide bonds. The van der Waals surface area contributed by atoms with Gasteiger partial charge in [-0.25, -0.2) is 4.79 Å². The van der Waals surface area contributed by atoms with Crippen LogP contribution in [0.4, 0.5) is 10.5 Å². The van der Waals surface area contributed by atoms with Gasteiger partial charge in [0.2, 0.25) is 0 Å². The molecule has 150 valence electrons. The van der Waals surface area contributed by atoms with Crippen molar-refractivity contribution in [1.29, 1.82) is 0 Å². The summed E-state index contributed by atoms with van der Waals surface area (Å²) in [6.45, 7) is 4.13. The predicted molar refractivity (Wildman–Crippen MR) is 109 cm³/mol. The van der Waals surface area contributed by atoms with Crippen LogP contribution in [-0.4, -0.2) is 38.8 Å². The quantitative estimate of drug-likeness (QED) is 0.678. The number of fused-ring (bicyclic) bond motifs is 1. The highest BCUT2D eigenvalue weighted by Gasteiger charge is 2.22. The van der Waals surface area contributed by atoms with Gasteiger partial charge >= 0.3 is 6.03 Å². The molecule has 0 atom stereocenters. The second-order valence-corrected chi connectivity index (χ2v) is 6.88. The summed E-state index contributed by atoms with van der Waals surface area (Å²) < 4.78 is 13.3. The molecule has 1 aliphatic rings. The molecule has 3 aromatic rings. The molecule has 0 fully saturated rings. The average molecular weight is 414 g/mol. The number of ether oxygens (including phenoxy) is 2. The van der Waals surface area contributed by atoms with E-state index in [2.05, 4.69) is 15.5 Å². The summed E-state index contributed by atoms with van der Waals surface area (Å²) in [6.07, 6.45) is 1.67. The average Bonchev–Trinajstić information content (AvgIpc) is 3.19. The Hall–Kier alpha value is -3.26. The minimum atomic E-state index is -0.252. The van der Waals surface area contributed by atoms with Crippen molar-refractivity contribution in [3.05, 3.63) is 59.6 Å². The highest BCUT2D eigenvalue weighted by atomic mass is 35.5. The normalized spacial score (nSPS) is 13.0. The fraction of sp³-hybridized carbons (Fsp3) is 0.250. The summed E-state index contributed by atoms with van der Waals surface area (Å²) in [5.74, 6) is 2.63. The van der Waals surface area contributed by atoms with E-state index in [1.807, 2.05) is 35.8 Å². The minimum absolute atomic E-state index is 0.252. The minimum Gasteiger partial charge on any atom is -0.494 e. The lowest BCUT2D eigenvalue weighted by Crippen LogP contribution is -2.40. The second-order valence-electron chi connectivity index (χ2n) is 6.44. The van der Waals surface area contributed by atoms with Crippen LogP contribution in [0.1, 0.15) is 12.7 Å². The molecular formula is C20H20ClN5O3. The molecule has 1 aromatic heterocycles. The molecule has 29 heavy (non-hydrogen) atoms. The molecule has 4 rings (SSSR count). The van der Waals surface area contributed by atoms with Crippen LogP contribution < -0.4 is 14.8 Å².